The van der Waals surface area contributed by atoms with Crippen LogP contribution in [0.25, 0.3) is 27.6 Å². The van der Waals surface area contributed by atoms with Crippen LogP contribution < -0.4 is 9.80 Å². The second-order valence-corrected chi connectivity index (χ2v) is 13.2. The molecule has 1 aliphatic heterocycles. The summed E-state index contributed by atoms with van der Waals surface area (Å²) in [7, 11) is 2.16. The third-order valence-electron chi connectivity index (χ3n) is 9.05. The summed E-state index contributed by atoms with van der Waals surface area (Å²) in [6, 6.07) is 37.8. The van der Waals surface area contributed by atoms with Gasteiger partial charge in [0.1, 0.15) is 5.82 Å². The molecule has 4 nitrogen and oxygen atoms in total. The highest BCUT2D eigenvalue weighted by molar-refractivity contribution is 6.09. The second kappa shape index (κ2) is 9.49. The lowest BCUT2D eigenvalue weighted by atomic mass is 9.77. The number of pyridine rings is 1. The maximum absolute atomic E-state index is 4.88. The summed E-state index contributed by atoms with van der Waals surface area (Å²) in [5.74, 6) is 0.961. The van der Waals surface area contributed by atoms with E-state index in [1.165, 1.54) is 55.6 Å². The van der Waals surface area contributed by atoms with E-state index in [9.17, 15) is 0 Å². The van der Waals surface area contributed by atoms with Gasteiger partial charge in [-0.3, -0.25) is 4.57 Å². The minimum Gasteiger partial charge on any atom is -0.355 e. The largest absolute Gasteiger partial charge is 0.355 e. The van der Waals surface area contributed by atoms with Gasteiger partial charge in [-0.05, 0) is 70.6 Å². The van der Waals surface area contributed by atoms with Gasteiger partial charge in [-0.15, -0.1) is 0 Å². The molecule has 0 saturated carbocycles. The molecule has 4 heteroatoms. The van der Waals surface area contributed by atoms with Crippen LogP contribution in [0.5, 0.6) is 0 Å². The first-order valence-electron chi connectivity index (χ1n) is 14.8. The van der Waals surface area contributed by atoms with Crippen LogP contribution >= 0.6 is 0 Å². The van der Waals surface area contributed by atoms with Gasteiger partial charge in [-0.2, -0.15) is 0 Å². The van der Waals surface area contributed by atoms with E-state index in [-0.39, 0.29) is 10.8 Å². The van der Waals surface area contributed by atoms with Gasteiger partial charge < -0.3 is 9.80 Å². The van der Waals surface area contributed by atoms with Crippen molar-refractivity contribution >= 4 is 38.9 Å². The molecule has 0 fully saturated rings. The van der Waals surface area contributed by atoms with E-state index >= 15 is 0 Å². The molecule has 3 heterocycles. The zero-order chi connectivity index (χ0) is 29.2. The van der Waals surface area contributed by atoms with Crippen molar-refractivity contribution in [3.8, 4) is 5.82 Å². The lowest BCUT2D eigenvalue weighted by molar-refractivity contribution is 0.588. The predicted molar refractivity (Wildman–Crippen MR) is 178 cm³/mol. The molecule has 0 bridgehead atoms. The van der Waals surface area contributed by atoms with E-state index < -0.39 is 0 Å². The van der Waals surface area contributed by atoms with E-state index in [1.54, 1.807) is 0 Å². The second-order valence-electron chi connectivity index (χ2n) is 13.2. The highest BCUT2D eigenvalue weighted by Crippen LogP contribution is 2.42. The number of nitrogens with zero attached hydrogens (tertiary/aromatic N) is 4. The van der Waals surface area contributed by atoms with Crippen molar-refractivity contribution in [2.45, 2.75) is 45.4 Å². The van der Waals surface area contributed by atoms with Gasteiger partial charge in [0, 0.05) is 35.1 Å². The topological polar surface area (TPSA) is 24.3 Å². The standard InChI is InChI=1S/C38H38N4/c1-37(2,3)26-20-21-39-36(24-26)42-32-15-8-7-14-30(32)31-19-18-28(23-35(31)42)38(4,5)27-12-11-13-29(22-27)41-25-40(6)33-16-9-10-17-34(33)41/h7-24H,25H2,1-6H3. The van der Waals surface area contributed by atoms with Crippen molar-refractivity contribution in [2.75, 3.05) is 23.5 Å². The van der Waals surface area contributed by atoms with Gasteiger partial charge in [0.15, 0.2) is 0 Å². The lowest BCUT2D eigenvalue weighted by Crippen LogP contribution is -2.25. The summed E-state index contributed by atoms with van der Waals surface area (Å²) in [6.45, 7) is 12.3. The predicted octanol–water partition coefficient (Wildman–Crippen LogP) is 9.35. The zero-order valence-electron chi connectivity index (χ0n) is 25.4. The first-order chi connectivity index (χ1) is 20.1. The highest BCUT2D eigenvalue weighted by atomic mass is 15.4. The molecular formula is C38H38N4. The van der Waals surface area contributed by atoms with E-state index in [0.29, 0.717) is 0 Å². The van der Waals surface area contributed by atoms with Gasteiger partial charge >= 0.3 is 0 Å². The molecule has 0 N–H and O–H groups in total. The molecule has 0 amide bonds. The van der Waals surface area contributed by atoms with Crippen LogP contribution in [0.3, 0.4) is 0 Å². The van der Waals surface area contributed by atoms with Crippen LogP contribution in [0.4, 0.5) is 17.1 Å². The number of fused-ring (bicyclic) bond motifs is 4. The molecule has 0 unspecified atom stereocenters. The quantitative estimate of drug-likeness (QED) is 0.219. The van der Waals surface area contributed by atoms with Gasteiger partial charge in [0.2, 0.25) is 0 Å². The Morgan fingerprint density at radius 2 is 1.33 bits per heavy atom. The van der Waals surface area contributed by atoms with Crippen molar-refractivity contribution < 1.29 is 0 Å². The fourth-order valence-electron chi connectivity index (χ4n) is 6.44. The highest BCUT2D eigenvalue weighted by Gasteiger charge is 2.28. The van der Waals surface area contributed by atoms with E-state index in [4.69, 9.17) is 4.98 Å². The Hall–Kier alpha value is -4.57. The fourth-order valence-corrected chi connectivity index (χ4v) is 6.44. The van der Waals surface area contributed by atoms with Crippen molar-refractivity contribution in [1.29, 1.82) is 0 Å². The monoisotopic (exact) mass is 550 g/mol. The van der Waals surface area contributed by atoms with E-state index in [2.05, 4.69) is 159 Å². The SMILES string of the molecule is CN1CN(c2cccc(C(C)(C)c3ccc4c5ccccc5n(-c5cc(C(C)(C)C)ccn5)c4c3)c2)c2ccccc21. The Balaban J connectivity index is 1.36. The van der Waals surface area contributed by atoms with Crippen LogP contribution in [0, 0.1) is 0 Å². The fraction of sp³-hybridized carbons (Fsp3) is 0.237. The molecule has 210 valence electrons. The molecule has 0 saturated heterocycles. The van der Waals surface area contributed by atoms with Crippen molar-refractivity contribution in [1.82, 2.24) is 9.55 Å². The molecule has 4 aromatic carbocycles. The third-order valence-corrected chi connectivity index (χ3v) is 9.05. The summed E-state index contributed by atoms with van der Waals surface area (Å²) in [5.41, 5.74) is 9.79. The molecular weight excluding hydrogens is 512 g/mol. The van der Waals surface area contributed by atoms with Gasteiger partial charge in [-0.25, -0.2) is 4.98 Å². The van der Waals surface area contributed by atoms with Crippen molar-refractivity contribution in [3.63, 3.8) is 0 Å². The maximum atomic E-state index is 4.88. The molecule has 0 spiro atoms. The van der Waals surface area contributed by atoms with E-state index in [0.717, 1.165) is 12.5 Å². The Morgan fingerprint density at radius 1 is 0.619 bits per heavy atom. The summed E-state index contributed by atoms with van der Waals surface area (Å²) >= 11 is 0. The smallest absolute Gasteiger partial charge is 0.137 e. The number of para-hydroxylation sites is 3. The lowest BCUT2D eigenvalue weighted by Gasteiger charge is -2.28. The maximum Gasteiger partial charge on any atom is 0.137 e. The molecule has 0 aliphatic carbocycles. The van der Waals surface area contributed by atoms with Crippen LogP contribution in [-0.2, 0) is 10.8 Å². The molecule has 2 aromatic heterocycles. The molecule has 42 heavy (non-hydrogen) atoms. The molecule has 0 atom stereocenters. The minimum atomic E-state index is -0.211. The minimum absolute atomic E-state index is 0.0410. The molecule has 1 aliphatic rings. The van der Waals surface area contributed by atoms with Crippen molar-refractivity contribution in [2.24, 2.45) is 0 Å². The average Bonchev–Trinajstić information content (AvgIpc) is 3.51. The first kappa shape index (κ1) is 26.3. The Kier molecular flexibility index (Phi) is 5.95. The zero-order valence-corrected chi connectivity index (χ0v) is 25.4. The summed E-state index contributed by atoms with van der Waals surface area (Å²) in [6.07, 6.45) is 1.95. The van der Waals surface area contributed by atoms with E-state index in [1.807, 2.05) is 6.20 Å². The van der Waals surface area contributed by atoms with Crippen molar-refractivity contribution in [3.05, 3.63) is 126 Å². The number of anilines is 3. The number of hydrogen-bond acceptors (Lipinski definition) is 3. The Bertz CT molecular complexity index is 1960. The Labute approximate surface area is 248 Å². The number of hydrogen-bond donors (Lipinski definition) is 0. The molecule has 0 radical (unpaired) electrons. The number of rotatable bonds is 4. The van der Waals surface area contributed by atoms with Crippen LogP contribution in [0.1, 0.15) is 51.3 Å². The molecule has 7 rings (SSSR count). The van der Waals surface area contributed by atoms with Crippen LogP contribution in [-0.4, -0.2) is 23.3 Å². The summed E-state index contributed by atoms with van der Waals surface area (Å²) in [4.78, 5) is 9.59. The molecule has 6 aromatic rings. The van der Waals surface area contributed by atoms with Gasteiger partial charge in [-0.1, -0.05) is 89.2 Å². The van der Waals surface area contributed by atoms with Crippen LogP contribution in [0.15, 0.2) is 109 Å². The Morgan fingerprint density at radius 3 is 2.14 bits per heavy atom. The number of benzene rings is 4. The van der Waals surface area contributed by atoms with Crippen LogP contribution in [0.2, 0.25) is 0 Å². The third kappa shape index (κ3) is 4.16. The normalized spacial score (nSPS) is 13.8. The average molecular weight is 551 g/mol. The summed E-state index contributed by atoms with van der Waals surface area (Å²) < 4.78 is 2.34. The van der Waals surface area contributed by atoms with Gasteiger partial charge in [0.25, 0.3) is 0 Å². The van der Waals surface area contributed by atoms with Gasteiger partial charge in [0.05, 0.1) is 29.1 Å². The summed E-state index contributed by atoms with van der Waals surface area (Å²) in [5, 5.41) is 2.50. The first-order valence-corrected chi connectivity index (χ1v) is 14.8. The number of aromatic nitrogens is 2.